The van der Waals surface area contributed by atoms with Crippen LogP contribution in [-0.4, -0.2) is 5.97 Å². The predicted molar refractivity (Wildman–Crippen MR) is 49.6 cm³/mol. The van der Waals surface area contributed by atoms with E-state index in [1.165, 1.54) is 0 Å². The minimum Gasteiger partial charge on any atom is -0.432 e. The number of unbranched alkanes of at least 4 members (excludes halogenated alkanes) is 2. The number of hydrogen-bond acceptors (Lipinski definition) is 2. The Morgan fingerprint density at radius 3 is 2.75 bits per heavy atom. The molecule has 0 spiro atoms. The van der Waals surface area contributed by atoms with Crippen molar-refractivity contribution in [2.24, 2.45) is 0 Å². The van der Waals surface area contributed by atoms with E-state index in [1.54, 1.807) is 6.92 Å². The highest BCUT2D eigenvalue weighted by atomic mass is 16.5. The molecule has 0 heterocycles. The Hall–Kier alpha value is -1.05. The molecule has 0 unspecified atom stereocenters. The summed E-state index contributed by atoms with van der Waals surface area (Å²) in [4.78, 5) is 11.0. The summed E-state index contributed by atoms with van der Waals surface area (Å²) in [6.07, 6.45) is 6.24. The molecule has 0 rings (SSSR count). The van der Waals surface area contributed by atoms with Crippen LogP contribution in [0.1, 0.15) is 33.1 Å². The summed E-state index contributed by atoms with van der Waals surface area (Å²) >= 11 is 0. The quantitative estimate of drug-likeness (QED) is 0.273. The van der Waals surface area contributed by atoms with Crippen molar-refractivity contribution in [3.8, 4) is 0 Å². The number of carbonyl (C=O) groups excluding carboxylic acids is 1. The number of rotatable bonds is 5. The highest BCUT2D eigenvalue weighted by Crippen LogP contribution is 2.02. The molecule has 0 aliphatic rings. The Kier molecular flexibility index (Phi) is 6.07. The Balaban J connectivity index is 3.81. The maximum Gasteiger partial charge on any atom is 0.338 e. The van der Waals surface area contributed by atoms with Crippen LogP contribution in [0.15, 0.2) is 24.5 Å². The zero-order chi connectivity index (χ0) is 9.40. The highest BCUT2D eigenvalue weighted by molar-refractivity contribution is 5.88. The Morgan fingerprint density at radius 2 is 2.25 bits per heavy atom. The number of esters is 1. The Morgan fingerprint density at radius 1 is 1.58 bits per heavy atom. The van der Waals surface area contributed by atoms with Crippen LogP contribution in [0.4, 0.5) is 0 Å². The van der Waals surface area contributed by atoms with Crippen molar-refractivity contribution in [3.05, 3.63) is 24.5 Å². The molecule has 0 aliphatic carbocycles. The first-order valence-corrected chi connectivity index (χ1v) is 4.21. The van der Waals surface area contributed by atoms with E-state index in [1.807, 2.05) is 6.08 Å². The van der Waals surface area contributed by atoms with Gasteiger partial charge in [0.25, 0.3) is 0 Å². The molecular weight excluding hydrogens is 152 g/mol. The first-order valence-electron chi connectivity index (χ1n) is 4.21. The van der Waals surface area contributed by atoms with Crippen LogP contribution < -0.4 is 0 Å². The summed E-state index contributed by atoms with van der Waals surface area (Å²) in [6, 6.07) is 0. The van der Waals surface area contributed by atoms with Crippen LogP contribution in [0.25, 0.3) is 0 Å². The van der Waals surface area contributed by atoms with Crippen molar-refractivity contribution in [3.63, 3.8) is 0 Å². The topological polar surface area (TPSA) is 26.3 Å². The van der Waals surface area contributed by atoms with Gasteiger partial charge < -0.3 is 4.74 Å². The summed E-state index contributed by atoms with van der Waals surface area (Å²) < 4.78 is 4.59. The number of hydrogen-bond donors (Lipinski definition) is 0. The van der Waals surface area contributed by atoms with Crippen LogP contribution in [0.3, 0.4) is 0 Å². The highest BCUT2D eigenvalue weighted by Gasteiger charge is 2.01. The van der Waals surface area contributed by atoms with Gasteiger partial charge in [-0.05, 0) is 13.3 Å². The molecule has 0 fully saturated rings. The molecule has 68 valence electrons. The minimum absolute atomic E-state index is 0.305. The average molecular weight is 168 g/mol. The van der Waals surface area contributed by atoms with Gasteiger partial charge in [-0.25, -0.2) is 4.79 Å². The molecule has 0 N–H and O–H groups in total. The van der Waals surface area contributed by atoms with E-state index in [0.29, 0.717) is 5.57 Å². The van der Waals surface area contributed by atoms with Crippen LogP contribution in [-0.2, 0) is 9.53 Å². The number of carbonyl (C=O) groups is 1. The summed E-state index contributed by atoms with van der Waals surface area (Å²) in [6.45, 7) is 7.18. The maximum atomic E-state index is 11.0. The number of ether oxygens (including phenoxy) is 1. The third kappa shape index (κ3) is 4.72. The lowest BCUT2D eigenvalue weighted by atomic mass is 10.2. The lowest BCUT2D eigenvalue weighted by Crippen LogP contribution is -2.00. The van der Waals surface area contributed by atoms with Crippen LogP contribution in [0.2, 0.25) is 0 Å². The van der Waals surface area contributed by atoms with Gasteiger partial charge in [0.15, 0.2) is 0 Å². The Bertz CT molecular complexity index is 180. The van der Waals surface area contributed by atoms with Gasteiger partial charge in [-0.2, -0.15) is 0 Å². The molecule has 0 atom stereocenters. The lowest BCUT2D eigenvalue weighted by Gasteiger charge is -1.97. The summed E-state index contributed by atoms with van der Waals surface area (Å²) in [7, 11) is 0. The summed E-state index contributed by atoms with van der Waals surface area (Å²) in [5.74, 6) is -0.305. The summed E-state index contributed by atoms with van der Waals surface area (Å²) in [5, 5.41) is 0. The second kappa shape index (κ2) is 6.65. The summed E-state index contributed by atoms with van der Waals surface area (Å²) in [5.41, 5.74) is 0.656. The molecule has 2 heteroatoms. The lowest BCUT2D eigenvalue weighted by molar-refractivity contribution is -0.133. The first kappa shape index (κ1) is 11.0. The fourth-order valence-corrected chi connectivity index (χ4v) is 0.775. The molecule has 0 saturated carbocycles. The minimum atomic E-state index is -0.305. The zero-order valence-electron chi connectivity index (χ0n) is 7.80. The van der Waals surface area contributed by atoms with Crippen molar-refractivity contribution < 1.29 is 9.53 Å². The molecule has 2 nitrogen and oxygen atoms in total. The van der Waals surface area contributed by atoms with Crippen molar-refractivity contribution in [2.75, 3.05) is 0 Å². The maximum absolute atomic E-state index is 11.0. The van der Waals surface area contributed by atoms with Gasteiger partial charge in [-0.1, -0.05) is 32.4 Å². The molecule has 0 radical (unpaired) electrons. The van der Waals surface area contributed by atoms with Crippen molar-refractivity contribution >= 4 is 5.97 Å². The van der Waals surface area contributed by atoms with E-state index in [4.69, 9.17) is 0 Å². The molecule has 0 saturated heterocycles. The molecule has 0 bridgehead atoms. The average Bonchev–Trinajstić information content (AvgIpc) is 2.05. The number of allylic oxidation sites excluding steroid dienone is 1. The van der Waals surface area contributed by atoms with Crippen LogP contribution >= 0.6 is 0 Å². The fourth-order valence-electron chi connectivity index (χ4n) is 0.775. The van der Waals surface area contributed by atoms with Gasteiger partial charge in [0.2, 0.25) is 0 Å². The smallest absolute Gasteiger partial charge is 0.338 e. The SMILES string of the molecule is C=COC(=O)C(C)=CCCCC. The van der Waals surface area contributed by atoms with Gasteiger partial charge in [0.1, 0.15) is 0 Å². The normalized spacial score (nSPS) is 11.0. The van der Waals surface area contributed by atoms with Crippen LogP contribution in [0.5, 0.6) is 0 Å². The molecule has 0 aromatic carbocycles. The third-order valence-electron chi connectivity index (χ3n) is 1.52. The molecule has 0 aromatic rings. The third-order valence-corrected chi connectivity index (χ3v) is 1.52. The van der Waals surface area contributed by atoms with Gasteiger partial charge in [0, 0.05) is 5.57 Å². The predicted octanol–water partition coefficient (Wildman–Crippen LogP) is 2.81. The monoisotopic (exact) mass is 168 g/mol. The first-order chi connectivity index (χ1) is 5.72. The van der Waals surface area contributed by atoms with Crippen molar-refractivity contribution in [1.82, 2.24) is 0 Å². The van der Waals surface area contributed by atoms with Gasteiger partial charge in [-0.3, -0.25) is 0 Å². The molecular formula is C10H16O2. The Labute approximate surface area is 73.9 Å². The molecule has 12 heavy (non-hydrogen) atoms. The second-order valence-electron chi connectivity index (χ2n) is 2.60. The standard InChI is InChI=1S/C10H16O2/c1-4-6-7-8-9(3)10(11)12-5-2/h5,8H,2,4,6-7H2,1,3H3. The van der Waals surface area contributed by atoms with Gasteiger partial charge in [0.05, 0.1) is 6.26 Å². The van der Waals surface area contributed by atoms with E-state index >= 15 is 0 Å². The van der Waals surface area contributed by atoms with Gasteiger partial charge >= 0.3 is 5.97 Å². The van der Waals surface area contributed by atoms with Crippen LogP contribution in [0, 0.1) is 0 Å². The molecule has 0 aromatic heterocycles. The zero-order valence-corrected chi connectivity index (χ0v) is 7.80. The van der Waals surface area contributed by atoms with Gasteiger partial charge in [-0.15, -0.1) is 0 Å². The van der Waals surface area contributed by atoms with E-state index in [9.17, 15) is 4.79 Å². The van der Waals surface area contributed by atoms with E-state index in [2.05, 4.69) is 18.2 Å². The van der Waals surface area contributed by atoms with E-state index in [-0.39, 0.29) is 5.97 Å². The van der Waals surface area contributed by atoms with Crippen molar-refractivity contribution in [2.45, 2.75) is 33.1 Å². The molecule has 0 aliphatic heterocycles. The van der Waals surface area contributed by atoms with Crippen molar-refractivity contribution in [1.29, 1.82) is 0 Å². The van der Waals surface area contributed by atoms with E-state index < -0.39 is 0 Å². The largest absolute Gasteiger partial charge is 0.432 e. The van der Waals surface area contributed by atoms with E-state index in [0.717, 1.165) is 25.5 Å². The second-order valence-corrected chi connectivity index (χ2v) is 2.60. The fraction of sp³-hybridized carbons (Fsp3) is 0.500. The molecule has 0 amide bonds.